The van der Waals surface area contributed by atoms with Gasteiger partial charge in [-0.3, -0.25) is 4.79 Å². The first-order valence-corrected chi connectivity index (χ1v) is 10.3. The van der Waals surface area contributed by atoms with Gasteiger partial charge < -0.3 is 15.6 Å². The highest BCUT2D eigenvalue weighted by atomic mass is 35.5. The molecule has 2 rings (SSSR count). The molecule has 3 N–H and O–H groups in total. The number of carbonyl (C=O) groups is 1. The van der Waals surface area contributed by atoms with Crippen LogP contribution in [0.3, 0.4) is 0 Å². The van der Waals surface area contributed by atoms with Crippen LogP contribution in [-0.4, -0.2) is 33.8 Å². The van der Waals surface area contributed by atoms with Crippen LogP contribution < -0.4 is 0 Å². The van der Waals surface area contributed by atoms with E-state index in [0.717, 1.165) is 11.8 Å². The average Bonchev–Trinajstić information content (AvgIpc) is 2.57. The van der Waals surface area contributed by atoms with Gasteiger partial charge in [-0.2, -0.15) is 13.2 Å². The molecule has 2 aromatic rings. The Kier molecular flexibility index (Phi) is 7.85. The lowest BCUT2D eigenvalue weighted by Gasteiger charge is -2.30. The fraction of sp³-hybridized carbons (Fsp3) is 0.300. The van der Waals surface area contributed by atoms with Gasteiger partial charge in [0, 0.05) is 27.1 Å². The van der Waals surface area contributed by atoms with Crippen LogP contribution in [0.5, 0.6) is 0 Å². The number of aliphatic hydroxyl groups is 1. The standard InChI is InChI=1S/C20H18Cl2F3NO3S/c1-11-4-12(2-3-17(11)30-9-18(27)28)16(26)8-19(29,10-20(23,24)25)13-5-14(21)7-15(22)6-13/h2-7,26,29H,8-10H2,1H3,(H,27,28)/t19-/m1/s1. The van der Waals surface area contributed by atoms with E-state index in [9.17, 15) is 23.1 Å². The van der Waals surface area contributed by atoms with Crippen molar-refractivity contribution in [1.29, 1.82) is 5.41 Å². The molecule has 0 aliphatic carbocycles. The van der Waals surface area contributed by atoms with Crippen molar-refractivity contribution in [2.24, 2.45) is 0 Å². The number of aryl methyl sites for hydroxylation is 1. The van der Waals surface area contributed by atoms with Gasteiger partial charge in [-0.05, 0) is 53.9 Å². The van der Waals surface area contributed by atoms with Crippen LogP contribution in [0.1, 0.15) is 29.5 Å². The van der Waals surface area contributed by atoms with E-state index in [1.807, 2.05) is 0 Å². The summed E-state index contributed by atoms with van der Waals surface area (Å²) in [7, 11) is 0. The second-order valence-corrected chi connectivity index (χ2v) is 8.69. The summed E-state index contributed by atoms with van der Waals surface area (Å²) >= 11 is 12.9. The first kappa shape index (κ1) is 24.5. The predicted octanol–water partition coefficient (Wildman–Crippen LogP) is 6.08. The van der Waals surface area contributed by atoms with E-state index in [4.69, 9.17) is 33.7 Å². The lowest BCUT2D eigenvalue weighted by atomic mass is 9.83. The molecule has 0 spiro atoms. The molecule has 0 aliphatic heterocycles. The largest absolute Gasteiger partial charge is 0.481 e. The van der Waals surface area contributed by atoms with Gasteiger partial charge in [0.2, 0.25) is 0 Å². The predicted molar refractivity (Wildman–Crippen MR) is 112 cm³/mol. The second-order valence-electron chi connectivity index (χ2n) is 6.80. The Morgan fingerprint density at radius 2 is 1.73 bits per heavy atom. The van der Waals surface area contributed by atoms with Crippen molar-refractivity contribution in [3.63, 3.8) is 0 Å². The van der Waals surface area contributed by atoms with E-state index in [1.165, 1.54) is 24.3 Å². The molecule has 0 aliphatic rings. The molecular formula is C20H18Cl2F3NO3S. The monoisotopic (exact) mass is 479 g/mol. The number of rotatable bonds is 8. The Balaban J connectivity index is 2.34. The van der Waals surface area contributed by atoms with Crippen LogP contribution in [0.25, 0.3) is 0 Å². The van der Waals surface area contributed by atoms with Crippen LogP contribution >= 0.6 is 35.0 Å². The number of halogens is 5. The Morgan fingerprint density at radius 3 is 2.23 bits per heavy atom. The highest BCUT2D eigenvalue weighted by molar-refractivity contribution is 8.00. The van der Waals surface area contributed by atoms with Gasteiger partial charge >= 0.3 is 12.1 Å². The van der Waals surface area contributed by atoms with Crippen molar-refractivity contribution >= 4 is 46.6 Å². The van der Waals surface area contributed by atoms with E-state index in [2.05, 4.69) is 0 Å². The maximum Gasteiger partial charge on any atom is 0.392 e. The van der Waals surface area contributed by atoms with Crippen molar-refractivity contribution in [2.75, 3.05) is 5.75 Å². The Bertz CT molecular complexity index is 949. The third-order valence-corrected chi connectivity index (χ3v) is 5.83. The maximum absolute atomic E-state index is 13.2. The highest BCUT2D eigenvalue weighted by Crippen LogP contribution is 2.40. The van der Waals surface area contributed by atoms with Crippen molar-refractivity contribution in [2.45, 2.75) is 36.4 Å². The molecule has 0 bridgehead atoms. The number of carboxylic acids is 1. The molecule has 0 saturated carbocycles. The van der Waals surface area contributed by atoms with Gasteiger partial charge in [-0.1, -0.05) is 29.3 Å². The Morgan fingerprint density at radius 1 is 1.13 bits per heavy atom. The van der Waals surface area contributed by atoms with Gasteiger partial charge in [-0.25, -0.2) is 0 Å². The minimum absolute atomic E-state index is 0.0697. The summed E-state index contributed by atoms with van der Waals surface area (Å²) in [5.41, 5.74) is -1.79. The number of carboxylic acid groups (broad SMARTS) is 1. The molecule has 0 amide bonds. The normalized spacial score (nSPS) is 13.7. The summed E-state index contributed by atoms with van der Waals surface area (Å²) in [4.78, 5) is 11.4. The van der Waals surface area contributed by atoms with Gasteiger partial charge in [0.15, 0.2) is 0 Å². The van der Waals surface area contributed by atoms with Gasteiger partial charge in [0.05, 0.1) is 12.2 Å². The summed E-state index contributed by atoms with van der Waals surface area (Å²) in [6.45, 7) is 1.71. The molecule has 0 heterocycles. The molecule has 30 heavy (non-hydrogen) atoms. The summed E-state index contributed by atoms with van der Waals surface area (Å²) in [6, 6.07) is 8.42. The molecular weight excluding hydrogens is 462 g/mol. The number of thioether (sulfide) groups is 1. The zero-order chi connectivity index (χ0) is 22.7. The van der Waals surface area contributed by atoms with E-state index in [0.29, 0.717) is 16.0 Å². The fourth-order valence-corrected chi connectivity index (χ4v) is 4.21. The summed E-state index contributed by atoms with van der Waals surface area (Å²) in [6.07, 6.45) is -6.90. The molecule has 0 aromatic heterocycles. The number of hydrogen-bond donors (Lipinski definition) is 3. The third-order valence-electron chi connectivity index (χ3n) is 4.24. The zero-order valence-electron chi connectivity index (χ0n) is 15.7. The highest BCUT2D eigenvalue weighted by Gasteiger charge is 2.43. The minimum atomic E-state index is -4.70. The number of hydrogen-bond acceptors (Lipinski definition) is 4. The first-order valence-electron chi connectivity index (χ1n) is 8.58. The molecule has 0 radical (unpaired) electrons. The Hall–Kier alpha value is -1.74. The van der Waals surface area contributed by atoms with Crippen LogP contribution in [-0.2, 0) is 10.4 Å². The molecule has 2 aromatic carbocycles. The van der Waals surface area contributed by atoms with Gasteiger partial charge in [0.25, 0.3) is 0 Å². The van der Waals surface area contributed by atoms with Crippen molar-refractivity contribution in [3.8, 4) is 0 Å². The number of aliphatic carboxylic acids is 1. The third kappa shape index (κ3) is 6.91. The Labute approximate surface area is 185 Å². The molecule has 4 nitrogen and oxygen atoms in total. The lowest BCUT2D eigenvalue weighted by molar-refractivity contribution is -0.177. The molecule has 0 fully saturated rings. The topological polar surface area (TPSA) is 81.4 Å². The smallest absolute Gasteiger partial charge is 0.392 e. The summed E-state index contributed by atoms with van der Waals surface area (Å²) in [5, 5.41) is 28.1. The minimum Gasteiger partial charge on any atom is -0.481 e. The number of benzene rings is 2. The molecule has 162 valence electrons. The number of nitrogens with one attached hydrogen (secondary N) is 1. The van der Waals surface area contributed by atoms with E-state index < -0.39 is 30.6 Å². The maximum atomic E-state index is 13.2. The average molecular weight is 480 g/mol. The van der Waals surface area contributed by atoms with E-state index >= 15 is 0 Å². The molecule has 0 unspecified atom stereocenters. The number of alkyl halides is 3. The van der Waals surface area contributed by atoms with E-state index in [-0.39, 0.29) is 27.1 Å². The quantitative estimate of drug-likeness (QED) is 0.316. The van der Waals surface area contributed by atoms with Gasteiger partial charge in [-0.15, -0.1) is 11.8 Å². The first-order chi connectivity index (χ1) is 13.8. The van der Waals surface area contributed by atoms with Crippen LogP contribution in [0.15, 0.2) is 41.3 Å². The molecule has 10 heteroatoms. The van der Waals surface area contributed by atoms with Crippen molar-refractivity contribution in [3.05, 3.63) is 63.1 Å². The zero-order valence-corrected chi connectivity index (χ0v) is 18.0. The van der Waals surface area contributed by atoms with Crippen molar-refractivity contribution in [1.82, 2.24) is 0 Å². The second kappa shape index (κ2) is 9.60. The SMILES string of the molecule is Cc1cc(C(=N)C[C@@](O)(CC(F)(F)F)c2cc(Cl)cc(Cl)c2)ccc1SCC(=O)O. The van der Waals surface area contributed by atoms with Crippen molar-refractivity contribution < 1.29 is 28.2 Å². The molecule has 1 atom stereocenters. The summed E-state index contributed by atoms with van der Waals surface area (Å²) < 4.78 is 39.6. The van der Waals surface area contributed by atoms with Crippen LogP contribution in [0.4, 0.5) is 13.2 Å². The fourth-order valence-electron chi connectivity index (χ4n) is 2.95. The van der Waals surface area contributed by atoms with Crippen LogP contribution in [0.2, 0.25) is 10.0 Å². The lowest BCUT2D eigenvalue weighted by Crippen LogP contribution is -2.35. The molecule has 0 saturated heterocycles. The van der Waals surface area contributed by atoms with E-state index in [1.54, 1.807) is 19.1 Å². The summed E-state index contributed by atoms with van der Waals surface area (Å²) in [5.74, 6) is -1.12. The van der Waals surface area contributed by atoms with Crippen LogP contribution in [0, 0.1) is 12.3 Å². The van der Waals surface area contributed by atoms with Gasteiger partial charge in [0.1, 0.15) is 5.60 Å².